The third-order valence-electron chi connectivity index (χ3n) is 1.97. The maximum absolute atomic E-state index is 11.4. The summed E-state index contributed by atoms with van der Waals surface area (Å²) in [5.41, 5.74) is 0. The van der Waals surface area contributed by atoms with Crippen LogP contribution in [0.25, 0.3) is 0 Å². The van der Waals surface area contributed by atoms with Gasteiger partial charge in [0.25, 0.3) is 0 Å². The normalized spacial score (nSPS) is 9.81. The first-order valence-electron chi connectivity index (χ1n) is 4.70. The Labute approximate surface area is 97.2 Å². The lowest BCUT2D eigenvalue weighted by atomic mass is 10.3. The largest absolute Gasteiger partial charge is 0.465 e. The SMILES string of the molecule is COC(=O)c1sccc1Oc1ccccc1. The van der Waals surface area contributed by atoms with Crippen LogP contribution in [0.4, 0.5) is 0 Å². The van der Waals surface area contributed by atoms with E-state index >= 15 is 0 Å². The number of carbonyl (C=O) groups excluding carboxylic acids is 1. The van der Waals surface area contributed by atoms with Crippen LogP contribution in [-0.2, 0) is 4.74 Å². The van der Waals surface area contributed by atoms with Crippen molar-refractivity contribution in [3.05, 3.63) is 46.7 Å². The number of para-hydroxylation sites is 1. The van der Waals surface area contributed by atoms with E-state index in [2.05, 4.69) is 4.74 Å². The molecule has 1 heterocycles. The van der Waals surface area contributed by atoms with Gasteiger partial charge in [0.15, 0.2) is 10.6 Å². The number of benzene rings is 1. The number of hydrogen-bond acceptors (Lipinski definition) is 4. The number of esters is 1. The molecule has 0 unspecified atom stereocenters. The molecule has 0 aliphatic rings. The third kappa shape index (κ3) is 2.23. The molecule has 2 aromatic rings. The highest BCUT2D eigenvalue weighted by atomic mass is 32.1. The summed E-state index contributed by atoms with van der Waals surface area (Å²) < 4.78 is 10.2. The van der Waals surface area contributed by atoms with Gasteiger partial charge in [0, 0.05) is 0 Å². The molecule has 0 amide bonds. The lowest BCUT2D eigenvalue weighted by Gasteiger charge is -2.04. The van der Waals surface area contributed by atoms with Crippen LogP contribution in [0.5, 0.6) is 11.5 Å². The van der Waals surface area contributed by atoms with E-state index < -0.39 is 0 Å². The van der Waals surface area contributed by atoms with Crippen LogP contribution in [0.1, 0.15) is 9.67 Å². The van der Waals surface area contributed by atoms with Gasteiger partial charge in [0.1, 0.15) is 5.75 Å². The molecule has 4 heteroatoms. The molecule has 0 aliphatic carbocycles. The van der Waals surface area contributed by atoms with Gasteiger partial charge in [-0.3, -0.25) is 0 Å². The quantitative estimate of drug-likeness (QED) is 0.764. The third-order valence-corrected chi connectivity index (χ3v) is 2.85. The van der Waals surface area contributed by atoms with E-state index in [9.17, 15) is 4.79 Å². The number of thiophene rings is 1. The predicted molar refractivity (Wildman–Crippen MR) is 62.2 cm³/mol. The molecule has 0 N–H and O–H groups in total. The van der Waals surface area contributed by atoms with Gasteiger partial charge in [-0.25, -0.2) is 4.79 Å². The van der Waals surface area contributed by atoms with Crippen molar-refractivity contribution in [2.24, 2.45) is 0 Å². The van der Waals surface area contributed by atoms with E-state index in [0.717, 1.165) is 0 Å². The fourth-order valence-electron chi connectivity index (χ4n) is 1.23. The number of hydrogen-bond donors (Lipinski definition) is 0. The zero-order valence-corrected chi connectivity index (χ0v) is 9.49. The van der Waals surface area contributed by atoms with Crippen LogP contribution in [-0.4, -0.2) is 13.1 Å². The van der Waals surface area contributed by atoms with E-state index in [1.165, 1.54) is 18.4 Å². The first kappa shape index (κ1) is 10.7. The number of rotatable bonds is 3. The van der Waals surface area contributed by atoms with Gasteiger partial charge in [-0.05, 0) is 23.6 Å². The second-order valence-electron chi connectivity index (χ2n) is 3.02. The lowest BCUT2D eigenvalue weighted by Crippen LogP contribution is -1.99. The van der Waals surface area contributed by atoms with Gasteiger partial charge in [-0.2, -0.15) is 0 Å². The van der Waals surface area contributed by atoms with Gasteiger partial charge < -0.3 is 9.47 Å². The predicted octanol–water partition coefficient (Wildman–Crippen LogP) is 3.33. The number of methoxy groups -OCH3 is 1. The van der Waals surface area contributed by atoms with Crippen LogP contribution in [0.2, 0.25) is 0 Å². The van der Waals surface area contributed by atoms with E-state index in [4.69, 9.17) is 4.74 Å². The van der Waals surface area contributed by atoms with E-state index in [0.29, 0.717) is 16.4 Å². The standard InChI is InChI=1S/C12H10O3S/c1-14-12(13)11-10(7-8-16-11)15-9-5-3-2-4-6-9/h2-8H,1H3. The average molecular weight is 234 g/mol. The van der Waals surface area contributed by atoms with Crippen molar-refractivity contribution in [3.63, 3.8) is 0 Å². The van der Waals surface area contributed by atoms with Crippen molar-refractivity contribution in [1.29, 1.82) is 0 Å². The average Bonchev–Trinajstić information content (AvgIpc) is 2.77. The van der Waals surface area contributed by atoms with Gasteiger partial charge in [-0.1, -0.05) is 18.2 Å². The Morgan fingerprint density at radius 1 is 1.19 bits per heavy atom. The van der Waals surface area contributed by atoms with E-state index in [-0.39, 0.29) is 5.97 Å². The zero-order chi connectivity index (χ0) is 11.4. The summed E-state index contributed by atoms with van der Waals surface area (Å²) in [4.78, 5) is 11.9. The molecule has 0 saturated heterocycles. The summed E-state index contributed by atoms with van der Waals surface area (Å²) >= 11 is 1.30. The van der Waals surface area contributed by atoms with Crippen molar-refractivity contribution in [3.8, 4) is 11.5 Å². The Morgan fingerprint density at radius 2 is 1.94 bits per heavy atom. The molecular weight excluding hydrogens is 224 g/mol. The van der Waals surface area contributed by atoms with Crippen LogP contribution in [0.15, 0.2) is 41.8 Å². The zero-order valence-electron chi connectivity index (χ0n) is 8.67. The highest BCUT2D eigenvalue weighted by Crippen LogP contribution is 2.29. The summed E-state index contributed by atoms with van der Waals surface area (Å²) in [6.45, 7) is 0. The highest BCUT2D eigenvalue weighted by Gasteiger charge is 2.15. The molecule has 82 valence electrons. The fraction of sp³-hybridized carbons (Fsp3) is 0.0833. The Bertz CT molecular complexity index is 476. The molecule has 0 spiro atoms. The molecule has 16 heavy (non-hydrogen) atoms. The van der Waals surface area contributed by atoms with Gasteiger partial charge in [0.05, 0.1) is 7.11 Å². The molecular formula is C12H10O3S. The summed E-state index contributed by atoms with van der Waals surface area (Å²) in [6, 6.07) is 11.1. The first-order valence-corrected chi connectivity index (χ1v) is 5.58. The van der Waals surface area contributed by atoms with Gasteiger partial charge in [0.2, 0.25) is 0 Å². The van der Waals surface area contributed by atoms with Crippen LogP contribution in [0, 0.1) is 0 Å². The lowest BCUT2D eigenvalue weighted by molar-refractivity contribution is 0.0604. The number of carbonyl (C=O) groups is 1. The number of ether oxygens (including phenoxy) is 2. The summed E-state index contributed by atoms with van der Waals surface area (Å²) in [5.74, 6) is 0.857. The van der Waals surface area contributed by atoms with E-state index in [1.54, 1.807) is 11.4 Å². The molecule has 2 rings (SSSR count). The second-order valence-corrected chi connectivity index (χ2v) is 3.94. The minimum Gasteiger partial charge on any atom is -0.465 e. The minimum atomic E-state index is -0.374. The second kappa shape index (κ2) is 4.81. The maximum atomic E-state index is 11.4. The van der Waals surface area contributed by atoms with Crippen LogP contribution >= 0.6 is 11.3 Å². The highest BCUT2D eigenvalue weighted by molar-refractivity contribution is 7.12. The van der Waals surface area contributed by atoms with Crippen molar-refractivity contribution < 1.29 is 14.3 Å². The Hall–Kier alpha value is -1.81. The van der Waals surface area contributed by atoms with Crippen LogP contribution < -0.4 is 4.74 Å². The van der Waals surface area contributed by atoms with E-state index in [1.807, 2.05) is 30.3 Å². The van der Waals surface area contributed by atoms with Crippen molar-refractivity contribution in [2.75, 3.05) is 7.11 Å². The molecule has 1 aromatic carbocycles. The Morgan fingerprint density at radius 3 is 2.62 bits per heavy atom. The monoisotopic (exact) mass is 234 g/mol. The summed E-state index contributed by atoms with van der Waals surface area (Å²) in [5, 5.41) is 1.80. The molecule has 0 fully saturated rings. The fourth-order valence-corrected chi connectivity index (χ4v) is 1.97. The molecule has 1 aromatic heterocycles. The molecule has 0 bridgehead atoms. The smallest absolute Gasteiger partial charge is 0.351 e. The molecule has 0 saturated carbocycles. The summed E-state index contributed by atoms with van der Waals surface area (Å²) in [6.07, 6.45) is 0. The summed E-state index contributed by atoms with van der Waals surface area (Å²) in [7, 11) is 1.36. The Kier molecular flexibility index (Phi) is 3.22. The Balaban J connectivity index is 2.22. The van der Waals surface area contributed by atoms with Crippen LogP contribution in [0.3, 0.4) is 0 Å². The molecule has 0 aliphatic heterocycles. The molecule has 0 atom stereocenters. The first-order chi connectivity index (χ1) is 7.81. The molecule has 3 nitrogen and oxygen atoms in total. The van der Waals surface area contributed by atoms with Crippen molar-refractivity contribution in [1.82, 2.24) is 0 Å². The maximum Gasteiger partial charge on any atom is 0.351 e. The van der Waals surface area contributed by atoms with Gasteiger partial charge >= 0.3 is 5.97 Å². The minimum absolute atomic E-state index is 0.374. The topological polar surface area (TPSA) is 35.5 Å². The van der Waals surface area contributed by atoms with Crippen molar-refractivity contribution >= 4 is 17.3 Å². The molecule has 0 radical (unpaired) electrons. The van der Waals surface area contributed by atoms with Crippen molar-refractivity contribution in [2.45, 2.75) is 0 Å². The van der Waals surface area contributed by atoms with Gasteiger partial charge in [-0.15, -0.1) is 11.3 Å².